The maximum Gasteiger partial charge on any atom is 0.310 e. The highest BCUT2D eigenvalue weighted by molar-refractivity contribution is 14.0. The molecule has 7 heteroatoms. The lowest BCUT2D eigenvalue weighted by Gasteiger charge is -2.37. The molecule has 1 atom stereocenters. The van der Waals surface area contributed by atoms with Crippen molar-refractivity contribution >= 4 is 41.6 Å². The molecule has 134 valence electrons. The zero-order valence-corrected chi connectivity index (χ0v) is 16.9. The van der Waals surface area contributed by atoms with Gasteiger partial charge in [0, 0.05) is 45.5 Å². The zero-order valence-electron chi connectivity index (χ0n) is 14.6. The second-order valence-electron chi connectivity index (χ2n) is 5.66. The molecule has 6 nitrogen and oxygen atoms in total. The van der Waals surface area contributed by atoms with Crippen molar-refractivity contribution in [3.8, 4) is 0 Å². The van der Waals surface area contributed by atoms with E-state index in [0.29, 0.717) is 6.54 Å². The number of hydrogen-bond acceptors (Lipinski definition) is 4. The van der Waals surface area contributed by atoms with Crippen molar-refractivity contribution in [2.75, 3.05) is 51.8 Å². The third-order valence-corrected chi connectivity index (χ3v) is 4.08. The number of rotatable bonds is 4. The first-order chi connectivity index (χ1) is 11.2. The number of methoxy groups -OCH3 is 1. The van der Waals surface area contributed by atoms with Crippen LogP contribution in [0.1, 0.15) is 6.92 Å². The Labute approximate surface area is 161 Å². The molecular formula is C17H27IN4O2. The first kappa shape index (κ1) is 20.5. The molecule has 1 aromatic carbocycles. The summed E-state index contributed by atoms with van der Waals surface area (Å²) in [6, 6.07) is 10.4. The van der Waals surface area contributed by atoms with Crippen LogP contribution in [0.2, 0.25) is 0 Å². The minimum Gasteiger partial charge on any atom is -0.469 e. The van der Waals surface area contributed by atoms with Crippen LogP contribution in [0.3, 0.4) is 0 Å². The van der Waals surface area contributed by atoms with Gasteiger partial charge in [-0.1, -0.05) is 25.1 Å². The van der Waals surface area contributed by atoms with E-state index in [0.717, 1.165) is 32.1 Å². The Morgan fingerprint density at radius 2 is 1.88 bits per heavy atom. The Morgan fingerprint density at radius 1 is 1.25 bits per heavy atom. The largest absolute Gasteiger partial charge is 0.469 e. The van der Waals surface area contributed by atoms with E-state index in [9.17, 15) is 4.79 Å². The number of anilines is 1. The van der Waals surface area contributed by atoms with Gasteiger partial charge in [-0.3, -0.25) is 9.79 Å². The summed E-state index contributed by atoms with van der Waals surface area (Å²) in [5, 5.41) is 3.27. The second kappa shape index (κ2) is 10.4. The number of nitrogens with one attached hydrogen (secondary N) is 1. The molecule has 0 amide bonds. The molecule has 1 saturated heterocycles. The van der Waals surface area contributed by atoms with Crippen LogP contribution in [0.4, 0.5) is 5.69 Å². The first-order valence-corrected chi connectivity index (χ1v) is 7.99. The van der Waals surface area contributed by atoms with Gasteiger partial charge in [0.25, 0.3) is 0 Å². The number of para-hydroxylation sites is 1. The summed E-state index contributed by atoms with van der Waals surface area (Å²) < 4.78 is 4.75. The molecule has 1 N–H and O–H groups in total. The Morgan fingerprint density at radius 3 is 2.42 bits per heavy atom. The topological polar surface area (TPSA) is 57.2 Å². The van der Waals surface area contributed by atoms with Gasteiger partial charge in [-0.2, -0.15) is 0 Å². The molecule has 2 rings (SSSR count). The Bertz CT molecular complexity index is 531. The number of ether oxygens (including phenoxy) is 1. The smallest absolute Gasteiger partial charge is 0.310 e. The van der Waals surface area contributed by atoms with Crippen molar-refractivity contribution in [2.24, 2.45) is 10.9 Å². The van der Waals surface area contributed by atoms with Crippen molar-refractivity contribution in [1.82, 2.24) is 10.2 Å². The molecule has 1 aromatic rings. The molecule has 0 aliphatic carbocycles. The minimum atomic E-state index is -0.207. The first-order valence-electron chi connectivity index (χ1n) is 7.99. The summed E-state index contributed by atoms with van der Waals surface area (Å²) in [6.07, 6.45) is 0. The van der Waals surface area contributed by atoms with Gasteiger partial charge in [0.2, 0.25) is 0 Å². The normalized spacial score (nSPS) is 16.2. The molecular weight excluding hydrogens is 419 g/mol. The van der Waals surface area contributed by atoms with Crippen LogP contribution in [0.25, 0.3) is 0 Å². The number of halogens is 1. The van der Waals surface area contributed by atoms with E-state index in [4.69, 9.17) is 4.74 Å². The number of nitrogens with zero attached hydrogens (tertiary/aromatic N) is 3. The highest BCUT2D eigenvalue weighted by Crippen LogP contribution is 2.15. The van der Waals surface area contributed by atoms with Crippen LogP contribution in [-0.2, 0) is 9.53 Å². The summed E-state index contributed by atoms with van der Waals surface area (Å²) >= 11 is 0. The predicted molar refractivity (Wildman–Crippen MR) is 108 cm³/mol. The van der Waals surface area contributed by atoms with Gasteiger partial charge in [0.05, 0.1) is 13.0 Å². The third kappa shape index (κ3) is 5.54. The van der Waals surface area contributed by atoms with Gasteiger partial charge >= 0.3 is 5.97 Å². The summed E-state index contributed by atoms with van der Waals surface area (Å²) in [7, 11) is 3.19. The number of guanidine groups is 1. The number of esters is 1. The Kier molecular flexibility index (Phi) is 8.88. The number of carbonyl (C=O) groups is 1. The van der Waals surface area contributed by atoms with Crippen LogP contribution in [0.15, 0.2) is 35.3 Å². The highest BCUT2D eigenvalue weighted by Gasteiger charge is 2.21. The van der Waals surface area contributed by atoms with Crippen LogP contribution in [0, 0.1) is 5.92 Å². The molecule has 1 aliphatic heterocycles. The fourth-order valence-corrected chi connectivity index (χ4v) is 2.68. The zero-order chi connectivity index (χ0) is 16.7. The molecule has 0 spiro atoms. The van der Waals surface area contributed by atoms with E-state index >= 15 is 0 Å². The highest BCUT2D eigenvalue weighted by atomic mass is 127. The SMILES string of the molecule is CN=C(NCC(C)C(=O)OC)N1CCN(c2ccccc2)CC1.I. The van der Waals surface area contributed by atoms with Crippen molar-refractivity contribution in [1.29, 1.82) is 0 Å². The molecule has 0 radical (unpaired) electrons. The van der Waals surface area contributed by atoms with E-state index in [-0.39, 0.29) is 35.9 Å². The summed E-state index contributed by atoms with van der Waals surface area (Å²) in [4.78, 5) is 20.4. The van der Waals surface area contributed by atoms with Crippen molar-refractivity contribution in [2.45, 2.75) is 6.92 Å². The summed E-state index contributed by atoms with van der Waals surface area (Å²) in [5.74, 6) is 0.442. The quantitative estimate of drug-likeness (QED) is 0.331. The number of piperazine rings is 1. The molecule has 0 aromatic heterocycles. The molecule has 24 heavy (non-hydrogen) atoms. The minimum absolute atomic E-state index is 0. The predicted octanol–water partition coefficient (Wildman–Crippen LogP) is 1.81. The van der Waals surface area contributed by atoms with Crippen LogP contribution in [-0.4, -0.2) is 63.7 Å². The van der Waals surface area contributed by atoms with Crippen molar-refractivity contribution in [3.05, 3.63) is 30.3 Å². The van der Waals surface area contributed by atoms with Gasteiger partial charge < -0.3 is 19.9 Å². The average Bonchev–Trinajstić information content (AvgIpc) is 2.62. The lowest BCUT2D eigenvalue weighted by molar-refractivity contribution is -0.144. The van der Waals surface area contributed by atoms with E-state index in [1.807, 2.05) is 13.0 Å². The van der Waals surface area contributed by atoms with E-state index in [1.165, 1.54) is 12.8 Å². The number of hydrogen-bond donors (Lipinski definition) is 1. The summed E-state index contributed by atoms with van der Waals surface area (Å²) in [6.45, 7) is 6.09. The van der Waals surface area contributed by atoms with Gasteiger partial charge in [0.15, 0.2) is 5.96 Å². The molecule has 1 fully saturated rings. The van der Waals surface area contributed by atoms with Gasteiger partial charge in [0.1, 0.15) is 0 Å². The Balaban J connectivity index is 0.00000288. The molecule has 0 saturated carbocycles. The third-order valence-electron chi connectivity index (χ3n) is 4.08. The van der Waals surface area contributed by atoms with Gasteiger partial charge in [-0.15, -0.1) is 24.0 Å². The number of carbonyl (C=O) groups excluding carboxylic acids is 1. The van der Waals surface area contributed by atoms with Gasteiger partial charge in [-0.05, 0) is 12.1 Å². The molecule has 0 bridgehead atoms. The van der Waals surface area contributed by atoms with Crippen molar-refractivity contribution in [3.63, 3.8) is 0 Å². The molecule has 1 unspecified atom stereocenters. The van der Waals surface area contributed by atoms with E-state index < -0.39 is 0 Å². The summed E-state index contributed by atoms with van der Waals surface area (Å²) in [5.41, 5.74) is 1.26. The second-order valence-corrected chi connectivity index (χ2v) is 5.66. The van der Waals surface area contributed by atoms with Crippen molar-refractivity contribution < 1.29 is 9.53 Å². The molecule has 1 aliphatic rings. The lowest BCUT2D eigenvalue weighted by atomic mass is 10.2. The maximum atomic E-state index is 11.5. The van der Waals surface area contributed by atoms with Crippen LogP contribution < -0.4 is 10.2 Å². The maximum absolute atomic E-state index is 11.5. The Hall–Kier alpha value is -1.51. The van der Waals surface area contributed by atoms with E-state index in [2.05, 4.69) is 44.4 Å². The van der Waals surface area contributed by atoms with Crippen LogP contribution >= 0.6 is 24.0 Å². The van der Waals surface area contributed by atoms with Crippen LogP contribution in [0.5, 0.6) is 0 Å². The standard InChI is InChI=1S/C17H26N4O2.HI/c1-14(16(22)23-3)13-19-17(18-2)21-11-9-20(10-12-21)15-7-5-4-6-8-15;/h4-8,14H,9-13H2,1-3H3,(H,18,19);1H. The number of aliphatic imine (C=N–C) groups is 1. The monoisotopic (exact) mass is 446 g/mol. The van der Waals surface area contributed by atoms with Gasteiger partial charge in [-0.25, -0.2) is 0 Å². The van der Waals surface area contributed by atoms with E-state index in [1.54, 1.807) is 7.05 Å². The number of benzene rings is 1. The fraction of sp³-hybridized carbons (Fsp3) is 0.529. The average molecular weight is 446 g/mol. The molecule has 1 heterocycles. The fourth-order valence-electron chi connectivity index (χ4n) is 2.68. The lowest BCUT2D eigenvalue weighted by Crippen LogP contribution is -2.53.